The lowest BCUT2D eigenvalue weighted by Crippen LogP contribution is -1.91. The molecule has 0 aliphatic heterocycles. The van der Waals surface area contributed by atoms with Crippen LogP contribution in [-0.4, -0.2) is 4.98 Å². The van der Waals surface area contributed by atoms with Gasteiger partial charge in [0.1, 0.15) is 17.3 Å². The second-order valence-electron chi connectivity index (χ2n) is 3.08. The Morgan fingerprint density at radius 1 is 1.24 bits per heavy atom. The van der Waals surface area contributed by atoms with Crippen LogP contribution in [0.5, 0.6) is 0 Å². The maximum atomic E-state index is 8.88. The minimum atomic E-state index is 0.333. The van der Waals surface area contributed by atoms with Crippen molar-refractivity contribution >= 4 is 33.8 Å². The van der Waals surface area contributed by atoms with Gasteiger partial charge in [0.15, 0.2) is 5.13 Å². The van der Waals surface area contributed by atoms with E-state index in [9.17, 15) is 0 Å². The molecule has 17 heavy (non-hydrogen) atoms. The molecule has 2 aromatic rings. The van der Waals surface area contributed by atoms with Crippen LogP contribution in [0, 0.1) is 22.7 Å². The molecule has 1 aromatic carbocycles. The number of rotatable bonds is 2. The van der Waals surface area contributed by atoms with Crippen molar-refractivity contribution in [3.63, 3.8) is 0 Å². The van der Waals surface area contributed by atoms with E-state index in [-0.39, 0.29) is 0 Å². The van der Waals surface area contributed by atoms with Crippen LogP contribution in [-0.2, 0) is 0 Å². The first-order valence-electron chi connectivity index (χ1n) is 4.55. The molecule has 0 saturated carbocycles. The first-order chi connectivity index (χ1) is 8.22. The van der Waals surface area contributed by atoms with Crippen molar-refractivity contribution in [2.24, 2.45) is 0 Å². The van der Waals surface area contributed by atoms with Gasteiger partial charge in [-0.1, -0.05) is 11.6 Å². The predicted molar refractivity (Wildman–Crippen MR) is 66.3 cm³/mol. The molecule has 1 N–H and O–H groups in total. The summed E-state index contributed by atoms with van der Waals surface area (Å²) in [6.07, 6.45) is 0. The molecule has 0 atom stereocenters. The fraction of sp³-hybridized carbons (Fsp3) is 0. The van der Waals surface area contributed by atoms with Gasteiger partial charge in [-0.25, -0.2) is 4.98 Å². The molecule has 0 saturated heterocycles. The van der Waals surface area contributed by atoms with Crippen molar-refractivity contribution in [1.82, 2.24) is 4.98 Å². The molecule has 0 aliphatic rings. The number of hydrogen-bond acceptors (Lipinski definition) is 5. The second kappa shape index (κ2) is 4.84. The van der Waals surface area contributed by atoms with E-state index in [2.05, 4.69) is 10.3 Å². The van der Waals surface area contributed by atoms with E-state index in [1.807, 2.05) is 12.1 Å². The van der Waals surface area contributed by atoms with Gasteiger partial charge in [-0.05, 0) is 18.2 Å². The average molecular weight is 261 g/mol. The Labute approximate surface area is 107 Å². The van der Waals surface area contributed by atoms with Crippen molar-refractivity contribution in [3.8, 4) is 12.1 Å². The fourth-order valence-corrected chi connectivity index (χ4v) is 2.10. The van der Waals surface area contributed by atoms with Crippen LogP contribution in [0.25, 0.3) is 0 Å². The lowest BCUT2D eigenvalue weighted by molar-refractivity contribution is 1.38. The van der Waals surface area contributed by atoms with Gasteiger partial charge < -0.3 is 5.32 Å². The zero-order chi connectivity index (χ0) is 12.3. The number of nitrogens with one attached hydrogen (secondary N) is 1. The van der Waals surface area contributed by atoms with Crippen LogP contribution in [0.3, 0.4) is 0 Å². The first-order valence-corrected chi connectivity index (χ1v) is 5.81. The Balaban J connectivity index is 2.30. The topological polar surface area (TPSA) is 72.5 Å². The molecule has 0 aliphatic carbocycles. The molecule has 0 amide bonds. The molecule has 6 heteroatoms. The number of hydrogen-bond donors (Lipinski definition) is 1. The minimum absolute atomic E-state index is 0.333. The van der Waals surface area contributed by atoms with Gasteiger partial charge in [0.05, 0.1) is 11.1 Å². The van der Waals surface area contributed by atoms with E-state index >= 15 is 0 Å². The van der Waals surface area contributed by atoms with Gasteiger partial charge in [-0.2, -0.15) is 10.5 Å². The van der Waals surface area contributed by atoms with Gasteiger partial charge in [-0.3, -0.25) is 0 Å². The quantitative estimate of drug-likeness (QED) is 0.899. The molecule has 0 bridgehead atoms. The van der Waals surface area contributed by atoms with Crippen LogP contribution < -0.4 is 5.32 Å². The molecule has 0 unspecified atom stereocenters. The highest BCUT2D eigenvalue weighted by Gasteiger charge is 2.04. The molecule has 4 nitrogen and oxygen atoms in total. The van der Waals surface area contributed by atoms with Crippen molar-refractivity contribution in [2.45, 2.75) is 0 Å². The Bertz CT molecular complexity index is 636. The number of benzene rings is 1. The van der Waals surface area contributed by atoms with Crippen LogP contribution in [0.4, 0.5) is 10.8 Å². The highest BCUT2D eigenvalue weighted by atomic mass is 35.5. The van der Waals surface area contributed by atoms with E-state index < -0.39 is 0 Å². The predicted octanol–water partition coefficient (Wildman–Crippen LogP) is 3.28. The van der Waals surface area contributed by atoms with Crippen LogP contribution in [0.15, 0.2) is 23.6 Å². The van der Waals surface area contributed by atoms with Gasteiger partial charge in [-0.15, -0.1) is 11.3 Å². The Morgan fingerprint density at radius 2 is 2.00 bits per heavy atom. The standard InChI is InChI=1S/C11H5ClN4S/c12-10-6-17-11(16-10)15-9-2-1-7(4-13)8(3-9)5-14/h1-3,6H,(H,15,16). The molecule has 0 spiro atoms. The van der Waals surface area contributed by atoms with Gasteiger partial charge in [0, 0.05) is 11.1 Å². The highest BCUT2D eigenvalue weighted by Crippen LogP contribution is 2.24. The van der Waals surface area contributed by atoms with Crippen LogP contribution in [0.1, 0.15) is 11.1 Å². The third-order valence-electron chi connectivity index (χ3n) is 1.99. The van der Waals surface area contributed by atoms with Crippen LogP contribution in [0.2, 0.25) is 5.15 Å². The summed E-state index contributed by atoms with van der Waals surface area (Å²) in [7, 11) is 0. The number of thiazole rings is 1. The monoisotopic (exact) mass is 260 g/mol. The molecular formula is C11H5ClN4S. The van der Waals surface area contributed by atoms with Crippen LogP contribution >= 0.6 is 22.9 Å². The molecule has 1 aromatic heterocycles. The zero-order valence-corrected chi connectivity index (χ0v) is 10.0. The Morgan fingerprint density at radius 3 is 2.59 bits per heavy atom. The normalized spacial score (nSPS) is 9.35. The van der Waals surface area contributed by atoms with E-state index in [1.165, 1.54) is 11.3 Å². The Kier molecular flexibility index (Phi) is 3.24. The molecule has 0 fully saturated rings. The number of anilines is 2. The van der Waals surface area contributed by atoms with Gasteiger partial charge in [0.2, 0.25) is 0 Å². The molecule has 2 rings (SSSR count). The summed E-state index contributed by atoms with van der Waals surface area (Å²) < 4.78 is 0. The maximum absolute atomic E-state index is 8.88. The summed E-state index contributed by atoms with van der Waals surface area (Å²) >= 11 is 7.06. The zero-order valence-electron chi connectivity index (χ0n) is 8.44. The number of nitrogens with zero attached hydrogens (tertiary/aromatic N) is 3. The number of nitriles is 2. The van der Waals surface area contributed by atoms with Gasteiger partial charge >= 0.3 is 0 Å². The SMILES string of the molecule is N#Cc1ccc(Nc2nc(Cl)cs2)cc1C#N. The average Bonchev–Trinajstić information content (AvgIpc) is 2.74. The van der Waals surface area contributed by atoms with Crippen molar-refractivity contribution < 1.29 is 0 Å². The third-order valence-corrected chi connectivity index (χ3v) is 3.07. The third kappa shape index (κ3) is 2.54. The summed E-state index contributed by atoms with van der Waals surface area (Å²) in [4.78, 5) is 4.03. The maximum Gasteiger partial charge on any atom is 0.188 e. The van der Waals surface area contributed by atoms with Crippen molar-refractivity contribution in [1.29, 1.82) is 10.5 Å². The van der Waals surface area contributed by atoms with E-state index in [4.69, 9.17) is 22.1 Å². The highest BCUT2D eigenvalue weighted by molar-refractivity contribution is 7.14. The lowest BCUT2D eigenvalue weighted by atomic mass is 10.1. The van der Waals surface area contributed by atoms with Crippen molar-refractivity contribution in [2.75, 3.05) is 5.32 Å². The summed E-state index contributed by atoms with van der Waals surface area (Å²) in [5.41, 5.74) is 1.39. The Hall–Kier alpha value is -2.08. The summed E-state index contributed by atoms with van der Waals surface area (Å²) in [5.74, 6) is 0. The fourth-order valence-electron chi connectivity index (χ4n) is 1.25. The first kappa shape index (κ1) is 11.4. The lowest BCUT2D eigenvalue weighted by Gasteiger charge is -2.03. The molecular weight excluding hydrogens is 256 g/mol. The summed E-state index contributed by atoms with van der Waals surface area (Å²) in [6, 6.07) is 8.84. The molecule has 1 heterocycles. The molecule has 82 valence electrons. The minimum Gasteiger partial charge on any atom is -0.331 e. The summed E-state index contributed by atoms with van der Waals surface area (Å²) in [5, 5.41) is 23.5. The van der Waals surface area contributed by atoms with E-state index in [1.54, 1.807) is 23.6 Å². The van der Waals surface area contributed by atoms with Gasteiger partial charge in [0.25, 0.3) is 0 Å². The van der Waals surface area contributed by atoms with Crippen molar-refractivity contribution in [3.05, 3.63) is 39.9 Å². The largest absolute Gasteiger partial charge is 0.331 e. The second-order valence-corrected chi connectivity index (χ2v) is 4.33. The number of halogens is 1. The van der Waals surface area contributed by atoms with E-state index in [0.29, 0.717) is 27.1 Å². The van der Waals surface area contributed by atoms with E-state index in [0.717, 1.165) is 0 Å². The molecule has 0 radical (unpaired) electrons. The summed E-state index contributed by atoms with van der Waals surface area (Å²) in [6.45, 7) is 0. The number of aromatic nitrogens is 1. The smallest absolute Gasteiger partial charge is 0.188 e.